The number of hydrogen-bond acceptors (Lipinski definition) is 4. The second kappa shape index (κ2) is 5.20. The molecule has 1 unspecified atom stereocenters. The average Bonchev–Trinajstić information content (AvgIpc) is 2.47. The van der Waals surface area contributed by atoms with Gasteiger partial charge in [0.25, 0.3) is 0 Å². The van der Waals surface area contributed by atoms with Crippen molar-refractivity contribution < 1.29 is 8.42 Å². The van der Waals surface area contributed by atoms with E-state index in [1.807, 2.05) is 24.3 Å². The molecule has 0 spiro atoms. The van der Waals surface area contributed by atoms with Gasteiger partial charge in [0.2, 0.25) is 0 Å². The predicted octanol–water partition coefficient (Wildman–Crippen LogP) is 3.33. The van der Waals surface area contributed by atoms with E-state index >= 15 is 0 Å². The number of hydrogen-bond donors (Lipinski definition) is 1. The maximum atomic E-state index is 12.7. The topological polar surface area (TPSA) is 46.2 Å². The summed E-state index contributed by atoms with van der Waals surface area (Å²) in [5.74, 6) is 0. The van der Waals surface area contributed by atoms with Crippen LogP contribution in [0.3, 0.4) is 0 Å². The number of thiocarbonyl (C=S) groups is 1. The first-order valence-electron chi connectivity index (χ1n) is 5.94. The molecule has 1 aliphatic rings. The van der Waals surface area contributed by atoms with Gasteiger partial charge < -0.3 is 5.32 Å². The smallest absolute Gasteiger partial charge is 0.197 e. The summed E-state index contributed by atoms with van der Waals surface area (Å²) in [6, 6.07) is 16.0. The first-order valence-corrected chi connectivity index (χ1v) is 8.78. The summed E-state index contributed by atoms with van der Waals surface area (Å²) in [5, 5.41) is 3.02. The van der Waals surface area contributed by atoms with Crippen LogP contribution in [0.5, 0.6) is 0 Å². The zero-order valence-corrected chi connectivity index (χ0v) is 12.8. The van der Waals surface area contributed by atoms with Gasteiger partial charge in [-0.2, -0.15) is 0 Å². The molecule has 0 saturated carbocycles. The molecular weight excluding hydrogens is 310 g/mol. The van der Waals surface area contributed by atoms with Crippen LogP contribution in [0.2, 0.25) is 0 Å². The van der Waals surface area contributed by atoms with Crippen LogP contribution in [0.4, 0.5) is 5.69 Å². The van der Waals surface area contributed by atoms with Gasteiger partial charge >= 0.3 is 0 Å². The molecule has 1 aliphatic heterocycles. The van der Waals surface area contributed by atoms with Crippen molar-refractivity contribution in [3.63, 3.8) is 0 Å². The molecule has 0 amide bonds. The van der Waals surface area contributed by atoms with Gasteiger partial charge in [0.15, 0.2) is 14.4 Å². The number of benzene rings is 2. The summed E-state index contributed by atoms with van der Waals surface area (Å²) in [6.07, 6.45) is 0. The molecule has 6 heteroatoms. The van der Waals surface area contributed by atoms with Crippen molar-refractivity contribution in [3.8, 4) is 0 Å². The SMILES string of the molecule is O=S(=O)(c1ccccc1)C1Sc2ccccc2NC1=S. The molecule has 0 aromatic heterocycles. The maximum Gasteiger partial charge on any atom is 0.197 e. The molecule has 0 saturated heterocycles. The van der Waals surface area contributed by atoms with E-state index < -0.39 is 14.4 Å². The van der Waals surface area contributed by atoms with Crippen molar-refractivity contribution in [2.45, 2.75) is 14.4 Å². The summed E-state index contributed by atoms with van der Waals surface area (Å²) >= 11 is 6.52. The van der Waals surface area contributed by atoms with Crippen LogP contribution in [0, 0.1) is 0 Å². The molecular formula is C14H11NO2S3. The lowest BCUT2D eigenvalue weighted by molar-refractivity contribution is 0.598. The Bertz CT molecular complexity index is 757. The minimum absolute atomic E-state index is 0.293. The third kappa shape index (κ3) is 2.34. The normalized spacial score (nSPS) is 18.2. The highest BCUT2D eigenvalue weighted by molar-refractivity contribution is 8.15. The summed E-state index contributed by atoms with van der Waals surface area (Å²) in [7, 11) is -3.49. The molecule has 102 valence electrons. The van der Waals surface area contributed by atoms with Gasteiger partial charge in [-0.15, -0.1) is 0 Å². The number of fused-ring (bicyclic) bond motifs is 1. The second-order valence-electron chi connectivity index (χ2n) is 4.29. The van der Waals surface area contributed by atoms with Crippen LogP contribution in [0.1, 0.15) is 0 Å². The molecule has 0 bridgehead atoms. The highest BCUT2D eigenvalue weighted by Gasteiger charge is 2.35. The van der Waals surface area contributed by atoms with E-state index in [0.717, 1.165) is 10.6 Å². The Morgan fingerprint density at radius 2 is 1.65 bits per heavy atom. The summed E-state index contributed by atoms with van der Waals surface area (Å²) in [5.41, 5.74) is 0.863. The molecule has 1 N–H and O–H groups in total. The molecule has 1 heterocycles. The van der Waals surface area contributed by atoms with E-state index in [-0.39, 0.29) is 0 Å². The van der Waals surface area contributed by atoms with Crippen LogP contribution in [-0.4, -0.2) is 18.0 Å². The molecule has 1 atom stereocenters. The Kier molecular flexibility index (Phi) is 3.54. The summed E-state index contributed by atoms with van der Waals surface area (Å²) in [6.45, 7) is 0. The number of sulfone groups is 1. The van der Waals surface area contributed by atoms with Gasteiger partial charge in [0.05, 0.1) is 10.6 Å². The molecule has 0 aliphatic carbocycles. The fourth-order valence-corrected chi connectivity index (χ4v) is 5.68. The first-order chi connectivity index (χ1) is 9.59. The van der Waals surface area contributed by atoms with Gasteiger partial charge in [-0.1, -0.05) is 54.3 Å². The molecule has 2 aromatic rings. The van der Waals surface area contributed by atoms with Gasteiger partial charge in [-0.05, 0) is 24.3 Å². The highest BCUT2D eigenvalue weighted by atomic mass is 32.3. The Morgan fingerprint density at radius 1 is 1.00 bits per heavy atom. The largest absolute Gasteiger partial charge is 0.347 e. The van der Waals surface area contributed by atoms with Crippen molar-refractivity contribution >= 4 is 44.5 Å². The van der Waals surface area contributed by atoms with Gasteiger partial charge in [0.1, 0.15) is 4.99 Å². The van der Waals surface area contributed by atoms with Crippen LogP contribution in [0.15, 0.2) is 64.4 Å². The van der Waals surface area contributed by atoms with Crippen LogP contribution in [0.25, 0.3) is 0 Å². The highest BCUT2D eigenvalue weighted by Crippen LogP contribution is 2.39. The standard InChI is InChI=1S/C14H11NO2S3/c16-20(17,10-6-2-1-3-7-10)14-13(18)15-11-8-4-5-9-12(11)19-14/h1-9,14H,(H,15,18). The Hall–Kier alpha value is -1.37. The fourth-order valence-electron chi connectivity index (χ4n) is 1.97. The van der Waals surface area contributed by atoms with Crippen molar-refractivity contribution in [3.05, 3.63) is 54.6 Å². The number of anilines is 1. The van der Waals surface area contributed by atoms with E-state index in [2.05, 4.69) is 5.32 Å². The van der Waals surface area contributed by atoms with E-state index in [4.69, 9.17) is 12.2 Å². The minimum atomic E-state index is -3.49. The molecule has 20 heavy (non-hydrogen) atoms. The van der Waals surface area contributed by atoms with Crippen molar-refractivity contribution in [1.82, 2.24) is 0 Å². The number of thioether (sulfide) groups is 1. The fraction of sp³-hybridized carbons (Fsp3) is 0.0714. The van der Waals surface area contributed by atoms with Crippen LogP contribution in [-0.2, 0) is 9.84 Å². The van der Waals surface area contributed by atoms with Crippen LogP contribution >= 0.6 is 24.0 Å². The van der Waals surface area contributed by atoms with Gasteiger partial charge in [0, 0.05) is 4.90 Å². The molecule has 3 rings (SSSR count). The zero-order valence-electron chi connectivity index (χ0n) is 10.3. The number of rotatable bonds is 2. The predicted molar refractivity (Wildman–Crippen MR) is 85.9 cm³/mol. The quantitative estimate of drug-likeness (QED) is 0.860. The summed E-state index contributed by atoms with van der Waals surface area (Å²) < 4.78 is 24.5. The first kappa shape index (κ1) is 13.6. The Balaban J connectivity index is 2.02. The average molecular weight is 321 g/mol. The lowest BCUT2D eigenvalue weighted by Crippen LogP contribution is -2.34. The van der Waals surface area contributed by atoms with E-state index in [9.17, 15) is 8.42 Å². The van der Waals surface area contributed by atoms with E-state index in [0.29, 0.717) is 9.88 Å². The number of para-hydroxylation sites is 1. The maximum absolute atomic E-state index is 12.7. The molecule has 3 nitrogen and oxygen atoms in total. The zero-order chi connectivity index (χ0) is 14.2. The van der Waals surface area contributed by atoms with Gasteiger partial charge in [-0.3, -0.25) is 0 Å². The lowest BCUT2D eigenvalue weighted by Gasteiger charge is -2.26. The Morgan fingerprint density at radius 3 is 2.40 bits per heavy atom. The second-order valence-corrected chi connectivity index (χ2v) is 8.21. The third-order valence-electron chi connectivity index (χ3n) is 2.95. The lowest BCUT2D eigenvalue weighted by atomic mass is 10.3. The number of nitrogens with one attached hydrogen (secondary N) is 1. The van der Waals surface area contributed by atoms with Gasteiger partial charge in [-0.25, -0.2) is 8.42 Å². The van der Waals surface area contributed by atoms with E-state index in [1.165, 1.54) is 11.8 Å². The van der Waals surface area contributed by atoms with Crippen molar-refractivity contribution in [2.75, 3.05) is 5.32 Å². The molecule has 0 radical (unpaired) electrons. The summed E-state index contributed by atoms with van der Waals surface area (Å²) in [4.78, 5) is 1.52. The Labute approximate surface area is 127 Å². The van der Waals surface area contributed by atoms with Crippen LogP contribution < -0.4 is 5.32 Å². The van der Waals surface area contributed by atoms with E-state index in [1.54, 1.807) is 30.3 Å². The minimum Gasteiger partial charge on any atom is -0.347 e. The monoisotopic (exact) mass is 321 g/mol. The third-order valence-corrected chi connectivity index (χ3v) is 7.42. The molecule has 0 fully saturated rings. The molecule has 2 aromatic carbocycles. The van der Waals surface area contributed by atoms with Crippen molar-refractivity contribution in [2.24, 2.45) is 0 Å². The van der Waals surface area contributed by atoms with Crippen molar-refractivity contribution in [1.29, 1.82) is 0 Å².